The van der Waals surface area contributed by atoms with Crippen LogP contribution < -0.4 is 10.6 Å². The predicted molar refractivity (Wildman–Crippen MR) is 78.3 cm³/mol. The van der Waals surface area contributed by atoms with Crippen LogP contribution >= 0.6 is 0 Å². The molecule has 2 heteroatoms. The third kappa shape index (κ3) is 12.2. The van der Waals surface area contributed by atoms with Gasteiger partial charge in [-0.25, -0.2) is 0 Å². The molecule has 0 amide bonds. The number of hydrogen-bond donors (Lipinski definition) is 2. The van der Waals surface area contributed by atoms with E-state index in [1.165, 1.54) is 51.4 Å². The first-order valence-electron chi connectivity index (χ1n) is 7.70. The van der Waals surface area contributed by atoms with Crippen molar-refractivity contribution >= 4 is 0 Å². The largest absolute Gasteiger partial charge is 0.302 e. The molecule has 0 aromatic rings. The van der Waals surface area contributed by atoms with Crippen molar-refractivity contribution in [1.82, 2.24) is 10.6 Å². The third-order valence-electron chi connectivity index (χ3n) is 3.08. The van der Waals surface area contributed by atoms with Crippen LogP contribution in [0.2, 0.25) is 0 Å². The molecular formula is C15H34N2. The van der Waals surface area contributed by atoms with Crippen molar-refractivity contribution in [2.45, 2.75) is 91.3 Å². The quantitative estimate of drug-likeness (QED) is 0.398. The summed E-state index contributed by atoms with van der Waals surface area (Å²) >= 11 is 0. The van der Waals surface area contributed by atoms with E-state index in [1.807, 2.05) is 0 Å². The normalized spacial score (nSPS) is 13.2. The monoisotopic (exact) mass is 242 g/mol. The average Bonchev–Trinajstić information content (AvgIpc) is 2.27. The Balaban J connectivity index is 3.40. The summed E-state index contributed by atoms with van der Waals surface area (Å²) in [4.78, 5) is 0. The van der Waals surface area contributed by atoms with Crippen LogP contribution in [-0.4, -0.2) is 18.8 Å². The van der Waals surface area contributed by atoms with Crippen LogP contribution in [0.5, 0.6) is 0 Å². The Hall–Kier alpha value is -0.0800. The zero-order chi connectivity index (χ0) is 12.9. The second-order valence-corrected chi connectivity index (χ2v) is 5.34. The highest BCUT2D eigenvalue weighted by Gasteiger charge is 2.07. The van der Waals surface area contributed by atoms with E-state index < -0.39 is 0 Å². The molecule has 0 radical (unpaired) electrons. The van der Waals surface area contributed by atoms with Crippen molar-refractivity contribution < 1.29 is 0 Å². The molecule has 0 bridgehead atoms. The molecule has 104 valence electrons. The standard InChI is InChI=1S/C15H34N2/c1-5-7-8-9-10-11-12-13-15(16-6-2)17-14(3)4/h14-17H,5-13H2,1-4H3. The number of unbranched alkanes of at least 4 members (excludes halogenated alkanes) is 6. The van der Waals surface area contributed by atoms with E-state index in [0.717, 1.165) is 6.54 Å². The van der Waals surface area contributed by atoms with Gasteiger partial charge in [0.15, 0.2) is 0 Å². The maximum Gasteiger partial charge on any atom is 0.0573 e. The lowest BCUT2D eigenvalue weighted by Crippen LogP contribution is -2.45. The first-order valence-corrected chi connectivity index (χ1v) is 7.70. The molecule has 0 aromatic heterocycles. The number of rotatable bonds is 12. The van der Waals surface area contributed by atoms with Gasteiger partial charge in [-0.3, -0.25) is 5.32 Å². The summed E-state index contributed by atoms with van der Waals surface area (Å²) in [6.45, 7) is 9.95. The molecule has 17 heavy (non-hydrogen) atoms. The lowest BCUT2D eigenvalue weighted by Gasteiger charge is -2.22. The van der Waals surface area contributed by atoms with Crippen LogP contribution in [0.4, 0.5) is 0 Å². The fraction of sp³-hybridized carbons (Fsp3) is 1.00. The van der Waals surface area contributed by atoms with Crippen LogP contribution in [0.1, 0.15) is 79.1 Å². The SMILES string of the molecule is CCCCCCCCCC(NCC)NC(C)C. The molecule has 0 aliphatic heterocycles. The van der Waals surface area contributed by atoms with Gasteiger partial charge in [0, 0.05) is 6.04 Å². The van der Waals surface area contributed by atoms with Gasteiger partial charge in [-0.15, -0.1) is 0 Å². The number of hydrogen-bond acceptors (Lipinski definition) is 2. The van der Waals surface area contributed by atoms with Crippen LogP contribution in [0, 0.1) is 0 Å². The Kier molecular flexibility index (Phi) is 12.3. The van der Waals surface area contributed by atoms with E-state index in [1.54, 1.807) is 0 Å². The van der Waals surface area contributed by atoms with Crippen molar-refractivity contribution in [2.24, 2.45) is 0 Å². The summed E-state index contributed by atoms with van der Waals surface area (Å²) in [6.07, 6.45) is 11.6. The highest BCUT2D eigenvalue weighted by atomic mass is 15.1. The summed E-state index contributed by atoms with van der Waals surface area (Å²) in [7, 11) is 0. The van der Waals surface area contributed by atoms with Crippen LogP contribution in [-0.2, 0) is 0 Å². The Labute approximate surface area is 109 Å². The minimum atomic E-state index is 0.510. The van der Waals surface area contributed by atoms with E-state index in [-0.39, 0.29) is 0 Å². The Morgan fingerprint density at radius 1 is 0.824 bits per heavy atom. The van der Waals surface area contributed by atoms with E-state index in [9.17, 15) is 0 Å². The lowest BCUT2D eigenvalue weighted by molar-refractivity contribution is 0.365. The maximum atomic E-state index is 3.58. The molecule has 0 fully saturated rings. The minimum absolute atomic E-state index is 0.510. The minimum Gasteiger partial charge on any atom is -0.302 e. The summed E-state index contributed by atoms with van der Waals surface area (Å²) in [6, 6.07) is 0.573. The van der Waals surface area contributed by atoms with Gasteiger partial charge in [0.2, 0.25) is 0 Å². The lowest BCUT2D eigenvalue weighted by atomic mass is 10.1. The first kappa shape index (κ1) is 16.9. The first-order chi connectivity index (χ1) is 8.20. The molecule has 2 nitrogen and oxygen atoms in total. The van der Waals surface area contributed by atoms with Crippen molar-refractivity contribution in [3.63, 3.8) is 0 Å². The molecule has 0 rings (SSSR count). The van der Waals surface area contributed by atoms with Gasteiger partial charge in [0.1, 0.15) is 0 Å². The van der Waals surface area contributed by atoms with E-state index in [0.29, 0.717) is 12.2 Å². The smallest absolute Gasteiger partial charge is 0.0573 e. The van der Waals surface area contributed by atoms with Gasteiger partial charge in [0.05, 0.1) is 6.17 Å². The van der Waals surface area contributed by atoms with Crippen molar-refractivity contribution in [3.05, 3.63) is 0 Å². The molecular weight excluding hydrogens is 208 g/mol. The van der Waals surface area contributed by atoms with Crippen LogP contribution in [0.15, 0.2) is 0 Å². The van der Waals surface area contributed by atoms with E-state index >= 15 is 0 Å². The Morgan fingerprint density at radius 2 is 1.41 bits per heavy atom. The molecule has 2 N–H and O–H groups in total. The molecule has 0 aromatic carbocycles. The molecule has 0 aliphatic rings. The molecule has 0 heterocycles. The molecule has 1 atom stereocenters. The predicted octanol–water partition coefficient (Wildman–Crippen LogP) is 4.06. The van der Waals surface area contributed by atoms with Gasteiger partial charge in [-0.2, -0.15) is 0 Å². The zero-order valence-electron chi connectivity index (χ0n) is 12.5. The Morgan fingerprint density at radius 3 is 1.94 bits per heavy atom. The van der Waals surface area contributed by atoms with Gasteiger partial charge in [-0.05, 0) is 26.8 Å². The van der Waals surface area contributed by atoms with Gasteiger partial charge in [0.25, 0.3) is 0 Å². The molecule has 0 saturated carbocycles. The van der Waals surface area contributed by atoms with Gasteiger partial charge in [-0.1, -0.05) is 58.8 Å². The average molecular weight is 242 g/mol. The van der Waals surface area contributed by atoms with Crippen LogP contribution in [0.3, 0.4) is 0 Å². The zero-order valence-corrected chi connectivity index (χ0v) is 12.5. The summed E-state index contributed by atoms with van der Waals surface area (Å²) in [5.41, 5.74) is 0. The Bertz CT molecular complexity index is 146. The molecule has 1 unspecified atom stereocenters. The summed E-state index contributed by atoms with van der Waals surface area (Å²) in [5, 5.41) is 7.09. The van der Waals surface area contributed by atoms with Crippen molar-refractivity contribution in [1.29, 1.82) is 0 Å². The highest BCUT2D eigenvalue weighted by Crippen LogP contribution is 2.09. The fourth-order valence-corrected chi connectivity index (χ4v) is 2.20. The fourth-order valence-electron chi connectivity index (χ4n) is 2.20. The number of nitrogens with one attached hydrogen (secondary N) is 2. The third-order valence-corrected chi connectivity index (χ3v) is 3.08. The van der Waals surface area contributed by atoms with Crippen LogP contribution in [0.25, 0.3) is 0 Å². The van der Waals surface area contributed by atoms with Crippen molar-refractivity contribution in [2.75, 3.05) is 6.54 Å². The second-order valence-electron chi connectivity index (χ2n) is 5.34. The second kappa shape index (κ2) is 12.4. The van der Waals surface area contributed by atoms with Crippen molar-refractivity contribution in [3.8, 4) is 0 Å². The van der Waals surface area contributed by atoms with Gasteiger partial charge >= 0.3 is 0 Å². The molecule has 0 aliphatic carbocycles. The highest BCUT2D eigenvalue weighted by molar-refractivity contribution is 4.66. The van der Waals surface area contributed by atoms with E-state index in [2.05, 4.69) is 38.3 Å². The molecule has 0 spiro atoms. The molecule has 0 saturated heterocycles. The summed E-state index contributed by atoms with van der Waals surface area (Å²) in [5.74, 6) is 0. The van der Waals surface area contributed by atoms with Gasteiger partial charge < -0.3 is 5.32 Å². The summed E-state index contributed by atoms with van der Waals surface area (Å²) < 4.78 is 0. The maximum absolute atomic E-state index is 3.58. The topological polar surface area (TPSA) is 24.1 Å². The van der Waals surface area contributed by atoms with E-state index in [4.69, 9.17) is 0 Å².